The molecule has 1 N–H and O–H groups in total. The van der Waals surface area contributed by atoms with Gasteiger partial charge in [-0.05, 0) is 75.4 Å². The number of carbonyl (C=O) groups excluding carboxylic acids is 2. The van der Waals surface area contributed by atoms with Crippen LogP contribution in [0.4, 0.5) is 5.69 Å². The molecular formula is C33H42ClN3O4S. The van der Waals surface area contributed by atoms with E-state index in [1.165, 1.54) is 10.6 Å². The summed E-state index contributed by atoms with van der Waals surface area (Å²) in [5.41, 5.74) is 3.51. The topological polar surface area (TPSA) is 86.8 Å². The van der Waals surface area contributed by atoms with E-state index in [4.69, 9.17) is 11.6 Å². The van der Waals surface area contributed by atoms with Gasteiger partial charge in [-0.25, -0.2) is 8.42 Å². The molecule has 0 saturated heterocycles. The number of hydrogen-bond acceptors (Lipinski definition) is 4. The summed E-state index contributed by atoms with van der Waals surface area (Å²) >= 11 is 6.50. The molecule has 0 spiro atoms. The summed E-state index contributed by atoms with van der Waals surface area (Å²) in [6.07, 6.45) is 1.82. The van der Waals surface area contributed by atoms with Crippen LogP contribution < -0.4 is 9.62 Å². The van der Waals surface area contributed by atoms with E-state index in [1.807, 2.05) is 101 Å². The number of benzene rings is 3. The van der Waals surface area contributed by atoms with Crippen molar-refractivity contribution in [3.63, 3.8) is 0 Å². The maximum Gasteiger partial charge on any atom is 0.243 e. The second-order valence-electron chi connectivity index (χ2n) is 11.8. The normalized spacial score (nSPS) is 12.5. The monoisotopic (exact) mass is 611 g/mol. The van der Waals surface area contributed by atoms with Crippen LogP contribution in [0.3, 0.4) is 0 Å². The molecule has 3 rings (SSSR count). The predicted octanol–water partition coefficient (Wildman–Crippen LogP) is 6.06. The summed E-state index contributed by atoms with van der Waals surface area (Å²) in [6.45, 7) is 9.75. The minimum Gasteiger partial charge on any atom is -0.350 e. The number of hydrogen-bond donors (Lipinski definition) is 1. The zero-order valence-electron chi connectivity index (χ0n) is 25.4. The van der Waals surface area contributed by atoms with Gasteiger partial charge in [0.2, 0.25) is 21.8 Å². The van der Waals surface area contributed by atoms with E-state index < -0.39 is 21.6 Å². The molecule has 0 saturated carbocycles. The Balaban J connectivity index is 1.93. The van der Waals surface area contributed by atoms with Crippen LogP contribution in [-0.2, 0) is 32.6 Å². The van der Waals surface area contributed by atoms with Gasteiger partial charge in [-0.2, -0.15) is 0 Å². The van der Waals surface area contributed by atoms with E-state index in [0.717, 1.165) is 22.3 Å². The van der Waals surface area contributed by atoms with Crippen LogP contribution in [0.5, 0.6) is 0 Å². The SMILES string of the molecule is Cc1ccc(C)c(N(CCCC(=O)N(Cc2ccccc2Cl)[C@@H](Cc2ccccc2)C(=O)NC(C)(C)C)S(C)(=O)=O)c1. The second-order valence-corrected chi connectivity index (χ2v) is 14.1. The third-order valence-corrected chi connectivity index (χ3v) is 8.40. The van der Waals surface area contributed by atoms with Gasteiger partial charge >= 0.3 is 0 Å². The van der Waals surface area contributed by atoms with Crippen molar-refractivity contribution >= 4 is 39.1 Å². The molecule has 9 heteroatoms. The van der Waals surface area contributed by atoms with Gasteiger partial charge in [0, 0.05) is 36.5 Å². The molecule has 42 heavy (non-hydrogen) atoms. The fourth-order valence-electron chi connectivity index (χ4n) is 4.79. The van der Waals surface area contributed by atoms with Crippen molar-refractivity contribution < 1.29 is 18.0 Å². The lowest BCUT2D eigenvalue weighted by Crippen LogP contribution is -2.54. The van der Waals surface area contributed by atoms with Crippen LogP contribution in [0.25, 0.3) is 0 Å². The molecule has 0 aromatic heterocycles. The first-order valence-electron chi connectivity index (χ1n) is 14.1. The molecule has 0 radical (unpaired) electrons. The van der Waals surface area contributed by atoms with Crippen LogP contribution in [0, 0.1) is 13.8 Å². The van der Waals surface area contributed by atoms with Gasteiger partial charge in [0.1, 0.15) is 6.04 Å². The minimum atomic E-state index is -3.59. The fraction of sp³-hybridized carbons (Fsp3) is 0.394. The highest BCUT2D eigenvalue weighted by Gasteiger charge is 2.32. The molecule has 0 aliphatic heterocycles. The lowest BCUT2D eigenvalue weighted by molar-refractivity contribution is -0.142. The molecule has 0 fully saturated rings. The highest BCUT2D eigenvalue weighted by atomic mass is 35.5. The molecule has 0 aliphatic rings. The fourth-order valence-corrected chi connectivity index (χ4v) is 6.00. The molecule has 226 valence electrons. The summed E-state index contributed by atoms with van der Waals surface area (Å²) in [5.74, 6) is -0.519. The lowest BCUT2D eigenvalue weighted by atomic mass is 10.00. The Kier molecular flexibility index (Phi) is 11.2. The average molecular weight is 612 g/mol. The van der Waals surface area contributed by atoms with Gasteiger partial charge in [0.25, 0.3) is 0 Å². The molecule has 3 aromatic rings. The molecular weight excluding hydrogens is 570 g/mol. The smallest absolute Gasteiger partial charge is 0.243 e. The zero-order valence-corrected chi connectivity index (χ0v) is 26.9. The lowest BCUT2D eigenvalue weighted by Gasteiger charge is -2.34. The number of carbonyl (C=O) groups is 2. The van der Waals surface area contributed by atoms with Gasteiger partial charge < -0.3 is 10.2 Å². The molecule has 0 heterocycles. The number of rotatable bonds is 12. The Bertz CT molecular complexity index is 1490. The van der Waals surface area contributed by atoms with Gasteiger partial charge in [-0.1, -0.05) is 72.3 Å². The van der Waals surface area contributed by atoms with Gasteiger partial charge in [0.15, 0.2) is 0 Å². The Morgan fingerprint density at radius 2 is 1.60 bits per heavy atom. The molecule has 3 aromatic carbocycles. The Labute approximate surface area is 255 Å². The predicted molar refractivity (Wildman–Crippen MR) is 171 cm³/mol. The largest absolute Gasteiger partial charge is 0.350 e. The Morgan fingerprint density at radius 3 is 2.21 bits per heavy atom. The number of nitrogens with zero attached hydrogens (tertiary/aromatic N) is 2. The van der Waals surface area contributed by atoms with Crippen molar-refractivity contribution in [3.05, 3.63) is 100 Å². The van der Waals surface area contributed by atoms with Crippen molar-refractivity contribution in [1.29, 1.82) is 0 Å². The van der Waals surface area contributed by atoms with E-state index in [2.05, 4.69) is 5.32 Å². The van der Waals surface area contributed by atoms with Crippen LogP contribution in [0.1, 0.15) is 55.9 Å². The van der Waals surface area contributed by atoms with Crippen molar-refractivity contribution in [1.82, 2.24) is 10.2 Å². The van der Waals surface area contributed by atoms with E-state index in [-0.39, 0.29) is 37.7 Å². The second kappa shape index (κ2) is 14.2. The van der Waals surface area contributed by atoms with Crippen molar-refractivity contribution in [2.45, 2.75) is 72.0 Å². The summed E-state index contributed by atoms with van der Waals surface area (Å²) < 4.78 is 26.9. The van der Waals surface area contributed by atoms with Crippen molar-refractivity contribution in [2.75, 3.05) is 17.1 Å². The molecule has 0 aliphatic carbocycles. The number of sulfonamides is 1. The van der Waals surface area contributed by atoms with E-state index in [1.54, 1.807) is 11.0 Å². The molecule has 0 unspecified atom stereocenters. The molecule has 1 atom stereocenters. The Morgan fingerprint density at radius 1 is 0.952 bits per heavy atom. The summed E-state index contributed by atoms with van der Waals surface area (Å²) in [5, 5.41) is 3.55. The number of amides is 2. The van der Waals surface area contributed by atoms with Gasteiger partial charge in [-0.3, -0.25) is 13.9 Å². The zero-order chi connectivity index (χ0) is 31.1. The Hall–Kier alpha value is -3.36. The van der Waals surface area contributed by atoms with Gasteiger partial charge in [0.05, 0.1) is 11.9 Å². The minimum absolute atomic E-state index is 0.0510. The number of halogens is 1. The number of aryl methyl sites for hydroxylation is 2. The van der Waals surface area contributed by atoms with E-state index in [9.17, 15) is 18.0 Å². The molecule has 2 amide bonds. The van der Waals surface area contributed by atoms with E-state index >= 15 is 0 Å². The van der Waals surface area contributed by atoms with Crippen LogP contribution in [0.2, 0.25) is 5.02 Å². The third kappa shape index (κ3) is 9.60. The maximum absolute atomic E-state index is 14.0. The average Bonchev–Trinajstić information content (AvgIpc) is 2.90. The van der Waals surface area contributed by atoms with Crippen LogP contribution >= 0.6 is 11.6 Å². The van der Waals surface area contributed by atoms with E-state index in [0.29, 0.717) is 17.1 Å². The quantitative estimate of drug-likeness (QED) is 0.270. The summed E-state index contributed by atoms with van der Waals surface area (Å²) in [7, 11) is -3.59. The first-order chi connectivity index (χ1) is 19.7. The highest BCUT2D eigenvalue weighted by Crippen LogP contribution is 2.26. The molecule has 7 nitrogen and oxygen atoms in total. The summed E-state index contributed by atoms with van der Waals surface area (Å²) in [6, 6.07) is 21.7. The maximum atomic E-state index is 14.0. The summed E-state index contributed by atoms with van der Waals surface area (Å²) in [4.78, 5) is 29.3. The number of anilines is 1. The van der Waals surface area contributed by atoms with Gasteiger partial charge in [-0.15, -0.1) is 0 Å². The standard InChI is InChI=1S/C33H42ClN3O4S/c1-24-18-19-25(2)29(21-24)37(42(6,40)41)20-12-17-31(38)36(23-27-15-10-11-16-28(27)34)30(32(39)35-33(3,4)5)22-26-13-8-7-9-14-26/h7-11,13-16,18-19,21,30H,12,17,20,22-23H2,1-6H3,(H,35,39)/t30-/m0/s1. The van der Waals surface area contributed by atoms with Crippen molar-refractivity contribution in [3.8, 4) is 0 Å². The molecule has 0 bridgehead atoms. The highest BCUT2D eigenvalue weighted by molar-refractivity contribution is 7.92. The van der Waals surface area contributed by atoms with Crippen molar-refractivity contribution in [2.24, 2.45) is 0 Å². The third-order valence-electron chi connectivity index (χ3n) is 6.85. The van der Waals surface area contributed by atoms with Crippen LogP contribution in [-0.4, -0.2) is 49.5 Å². The number of nitrogens with one attached hydrogen (secondary N) is 1. The first-order valence-corrected chi connectivity index (χ1v) is 16.3. The van der Waals surface area contributed by atoms with Crippen LogP contribution in [0.15, 0.2) is 72.8 Å². The first kappa shape index (κ1) is 33.1.